The Morgan fingerprint density at radius 2 is 2.16 bits per heavy atom. The van der Waals surface area contributed by atoms with E-state index in [0.717, 1.165) is 6.07 Å². The quantitative estimate of drug-likeness (QED) is 0.644. The number of carbonyl (C=O) groups excluding carboxylic acids is 1. The Kier molecular flexibility index (Phi) is 5.53. The molecule has 0 aliphatic heterocycles. The van der Waals surface area contributed by atoms with Crippen LogP contribution in [0, 0.1) is 16.0 Å². The van der Waals surface area contributed by atoms with Crippen LogP contribution in [0.1, 0.15) is 17.3 Å². The zero-order chi connectivity index (χ0) is 14.6. The number of aliphatic hydroxyl groups excluding tert-OH is 1. The molecule has 2 N–H and O–H groups in total. The third-order valence-electron chi connectivity index (χ3n) is 2.39. The Labute approximate surface area is 119 Å². The summed E-state index contributed by atoms with van der Waals surface area (Å²) in [6.07, 6.45) is 0. The van der Waals surface area contributed by atoms with Crippen LogP contribution >= 0.6 is 23.2 Å². The Hall–Kier alpha value is -1.37. The van der Waals surface area contributed by atoms with Gasteiger partial charge in [0.1, 0.15) is 5.02 Å². The van der Waals surface area contributed by atoms with E-state index in [9.17, 15) is 14.9 Å². The van der Waals surface area contributed by atoms with Gasteiger partial charge in [0.25, 0.3) is 11.6 Å². The molecular weight excluding hydrogens is 295 g/mol. The van der Waals surface area contributed by atoms with Crippen molar-refractivity contribution in [3.8, 4) is 0 Å². The zero-order valence-corrected chi connectivity index (χ0v) is 11.5. The highest BCUT2D eigenvalue weighted by atomic mass is 35.5. The summed E-state index contributed by atoms with van der Waals surface area (Å²) in [5, 5.41) is 21.9. The van der Waals surface area contributed by atoms with Gasteiger partial charge in [0, 0.05) is 24.8 Å². The number of rotatable bonds is 5. The molecule has 19 heavy (non-hydrogen) atoms. The van der Waals surface area contributed by atoms with E-state index in [1.807, 2.05) is 0 Å². The Morgan fingerprint density at radius 1 is 1.53 bits per heavy atom. The predicted molar refractivity (Wildman–Crippen MR) is 71.7 cm³/mol. The minimum Gasteiger partial charge on any atom is -0.396 e. The number of halogens is 2. The lowest BCUT2D eigenvalue weighted by atomic mass is 10.1. The molecule has 1 unspecified atom stereocenters. The van der Waals surface area contributed by atoms with Gasteiger partial charge >= 0.3 is 0 Å². The first kappa shape index (κ1) is 15.7. The van der Waals surface area contributed by atoms with Gasteiger partial charge in [-0.3, -0.25) is 14.9 Å². The number of hydrogen-bond donors (Lipinski definition) is 2. The minimum atomic E-state index is -0.707. The molecule has 1 amide bonds. The van der Waals surface area contributed by atoms with Gasteiger partial charge in [-0.15, -0.1) is 0 Å². The molecule has 104 valence electrons. The van der Waals surface area contributed by atoms with Crippen molar-refractivity contribution in [2.24, 2.45) is 5.92 Å². The first-order valence-electron chi connectivity index (χ1n) is 5.39. The second kappa shape index (κ2) is 6.70. The second-order valence-corrected chi connectivity index (χ2v) is 4.83. The summed E-state index contributed by atoms with van der Waals surface area (Å²) in [5.41, 5.74) is -0.374. The largest absolute Gasteiger partial charge is 0.396 e. The number of benzene rings is 1. The van der Waals surface area contributed by atoms with E-state index in [2.05, 4.69) is 5.32 Å². The molecule has 0 saturated heterocycles. The number of nitro groups is 1. The summed E-state index contributed by atoms with van der Waals surface area (Å²) < 4.78 is 0. The number of hydrogen-bond acceptors (Lipinski definition) is 4. The summed E-state index contributed by atoms with van der Waals surface area (Å²) in [4.78, 5) is 21.8. The summed E-state index contributed by atoms with van der Waals surface area (Å²) in [6, 6.07) is 2.32. The van der Waals surface area contributed by atoms with E-state index in [4.69, 9.17) is 28.3 Å². The minimum absolute atomic E-state index is 0.0474. The molecule has 0 aliphatic carbocycles. The lowest BCUT2D eigenvalue weighted by molar-refractivity contribution is -0.384. The van der Waals surface area contributed by atoms with Crippen LogP contribution in [0.5, 0.6) is 0 Å². The lowest BCUT2D eigenvalue weighted by Crippen LogP contribution is -2.29. The van der Waals surface area contributed by atoms with Crippen molar-refractivity contribution in [3.63, 3.8) is 0 Å². The number of nitro benzene ring substituents is 1. The van der Waals surface area contributed by atoms with E-state index in [0.29, 0.717) is 0 Å². The van der Waals surface area contributed by atoms with Gasteiger partial charge in [0.05, 0.1) is 9.95 Å². The van der Waals surface area contributed by atoms with E-state index in [1.54, 1.807) is 6.92 Å². The molecule has 0 aliphatic rings. The third kappa shape index (κ3) is 4.05. The van der Waals surface area contributed by atoms with E-state index >= 15 is 0 Å². The highest BCUT2D eigenvalue weighted by Gasteiger charge is 2.20. The molecule has 1 aromatic carbocycles. The van der Waals surface area contributed by atoms with Gasteiger partial charge in [-0.2, -0.15) is 0 Å². The zero-order valence-electron chi connectivity index (χ0n) is 10.0. The molecule has 0 heterocycles. The number of aliphatic hydroxyl groups is 1. The summed E-state index contributed by atoms with van der Waals surface area (Å²) in [7, 11) is 0. The van der Waals surface area contributed by atoms with Crippen LogP contribution in [0.15, 0.2) is 12.1 Å². The van der Waals surface area contributed by atoms with E-state index in [-0.39, 0.29) is 34.7 Å². The topological polar surface area (TPSA) is 92.5 Å². The third-order valence-corrected chi connectivity index (χ3v) is 3.18. The summed E-state index contributed by atoms with van der Waals surface area (Å²) >= 11 is 11.4. The maximum absolute atomic E-state index is 11.8. The standard InChI is InChI=1S/C11H12Cl2N2O4/c1-6(5-16)4-14-11(17)7-2-8(12)10(13)9(3-7)15(18)19/h2-3,6,16H,4-5H2,1H3,(H,14,17). The monoisotopic (exact) mass is 306 g/mol. The first-order valence-corrected chi connectivity index (χ1v) is 6.15. The van der Waals surface area contributed by atoms with Gasteiger partial charge < -0.3 is 10.4 Å². The Balaban J connectivity index is 2.95. The average Bonchev–Trinajstić information content (AvgIpc) is 2.37. The summed E-state index contributed by atoms with van der Waals surface area (Å²) in [6.45, 7) is 1.93. The maximum Gasteiger partial charge on any atom is 0.290 e. The Morgan fingerprint density at radius 3 is 2.68 bits per heavy atom. The molecule has 8 heteroatoms. The molecule has 0 spiro atoms. The van der Waals surface area contributed by atoms with Crippen molar-refractivity contribution in [2.75, 3.05) is 13.2 Å². The first-order chi connectivity index (χ1) is 8.86. The van der Waals surface area contributed by atoms with Gasteiger partial charge in [-0.1, -0.05) is 30.1 Å². The highest BCUT2D eigenvalue weighted by molar-refractivity contribution is 6.43. The molecule has 1 aromatic rings. The van der Waals surface area contributed by atoms with Gasteiger partial charge in [0.15, 0.2) is 0 Å². The molecular formula is C11H12Cl2N2O4. The summed E-state index contributed by atoms with van der Waals surface area (Å²) in [5.74, 6) is -0.622. The molecule has 0 aromatic heterocycles. The molecule has 0 saturated carbocycles. The van der Waals surface area contributed by atoms with E-state index < -0.39 is 16.5 Å². The number of carbonyl (C=O) groups is 1. The van der Waals surface area contributed by atoms with E-state index in [1.165, 1.54) is 6.07 Å². The number of nitrogens with one attached hydrogen (secondary N) is 1. The Bertz CT molecular complexity index is 508. The fourth-order valence-corrected chi connectivity index (χ4v) is 1.66. The molecule has 0 radical (unpaired) electrons. The van der Waals surface area contributed by atoms with Crippen LogP contribution in [0.4, 0.5) is 5.69 Å². The van der Waals surface area contributed by atoms with Crippen LogP contribution in [-0.4, -0.2) is 29.1 Å². The molecule has 1 rings (SSSR count). The second-order valence-electron chi connectivity index (χ2n) is 4.05. The van der Waals surface area contributed by atoms with Crippen LogP contribution in [-0.2, 0) is 0 Å². The van der Waals surface area contributed by atoms with Crippen molar-refractivity contribution in [2.45, 2.75) is 6.92 Å². The van der Waals surface area contributed by atoms with Gasteiger partial charge in [0.2, 0.25) is 0 Å². The van der Waals surface area contributed by atoms with Crippen LogP contribution in [0.2, 0.25) is 10.0 Å². The van der Waals surface area contributed by atoms with Crippen molar-refractivity contribution >= 4 is 34.8 Å². The molecule has 0 bridgehead atoms. The van der Waals surface area contributed by atoms with Gasteiger partial charge in [-0.25, -0.2) is 0 Å². The fraction of sp³-hybridized carbons (Fsp3) is 0.364. The van der Waals surface area contributed by atoms with Crippen LogP contribution in [0.25, 0.3) is 0 Å². The molecule has 0 fully saturated rings. The normalized spacial score (nSPS) is 12.0. The molecule has 1 atom stereocenters. The lowest BCUT2D eigenvalue weighted by Gasteiger charge is -2.10. The maximum atomic E-state index is 11.8. The highest BCUT2D eigenvalue weighted by Crippen LogP contribution is 2.32. The molecule has 6 nitrogen and oxygen atoms in total. The SMILES string of the molecule is CC(CO)CNC(=O)c1cc(Cl)c(Cl)c([N+](=O)[O-])c1. The average molecular weight is 307 g/mol. The fourth-order valence-electron chi connectivity index (χ4n) is 1.27. The smallest absolute Gasteiger partial charge is 0.290 e. The van der Waals surface area contributed by atoms with Crippen LogP contribution < -0.4 is 5.32 Å². The van der Waals surface area contributed by atoms with Crippen molar-refractivity contribution < 1.29 is 14.8 Å². The van der Waals surface area contributed by atoms with Crippen LogP contribution in [0.3, 0.4) is 0 Å². The van der Waals surface area contributed by atoms with Gasteiger partial charge in [-0.05, 0) is 12.0 Å². The number of nitrogens with zero attached hydrogens (tertiary/aromatic N) is 1. The van der Waals surface area contributed by atoms with Crippen molar-refractivity contribution in [3.05, 3.63) is 37.9 Å². The van der Waals surface area contributed by atoms with Crippen molar-refractivity contribution in [1.29, 1.82) is 0 Å². The van der Waals surface area contributed by atoms with Crippen molar-refractivity contribution in [1.82, 2.24) is 5.32 Å². The number of amides is 1. The predicted octanol–water partition coefficient (Wildman–Crippen LogP) is 2.26.